The summed E-state index contributed by atoms with van der Waals surface area (Å²) in [4.78, 5) is 11.7. The number of hydrogen-bond acceptors (Lipinski definition) is 3. The molecule has 1 rings (SSSR count). The fraction of sp³-hybridized carbons (Fsp3) is 0.462. The van der Waals surface area contributed by atoms with Gasteiger partial charge < -0.3 is 15.5 Å². The van der Waals surface area contributed by atoms with Crippen molar-refractivity contribution in [2.45, 2.75) is 19.8 Å². The molecule has 3 N–H and O–H groups in total. The zero-order valence-corrected chi connectivity index (χ0v) is 10.0. The standard InChI is InChI=1S/C13H19NO3/c1-2-10(6-7-15)9-14-13(17)11-4-3-5-12(16)8-11/h3-5,8,10,15-16H,2,6-7,9H2,1H3,(H,14,17). The summed E-state index contributed by atoms with van der Waals surface area (Å²) in [6.45, 7) is 2.72. The predicted octanol–water partition coefficient (Wildman–Crippen LogP) is 1.53. The molecule has 0 heterocycles. The maximum absolute atomic E-state index is 11.7. The third-order valence-corrected chi connectivity index (χ3v) is 2.77. The number of benzene rings is 1. The van der Waals surface area contributed by atoms with Crippen LogP contribution in [0.3, 0.4) is 0 Å². The number of phenols is 1. The first-order valence-corrected chi connectivity index (χ1v) is 5.85. The molecule has 1 atom stereocenters. The van der Waals surface area contributed by atoms with E-state index in [9.17, 15) is 9.90 Å². The van der Waals surface area contributed by atoms with Gasteiger partial charge in [-0.1, -0.05) is 19.4 Å². The van der Waals surface area contributed by atoms with Gasteiger partial charge in [0.15, 0.2) is 0 Å². The maximum atomic E-state index is 11.7. The topological polar surface area (TPSA) is 69.6 Å². The number of aliphatic hydroxyl groups is 1. The minimum absolute atomic E-state index is 0.0834. The van der Waals surface area contributed by atoms with E-state index in [1.54, 1.807) is 12.1 Å². The molecule has 0 saturated heterocycles. The van der Waals surface area contributed by atoms with Gasteiger partial charge in [0.25, 0.3) is 5.91 Å². The number of aromatic hydroxyl groups is 1. The number of phenolic OH excluding ortho intramolecular Hbond substituents is 1. The van der Waals surface area contributed by atoms with E-state index in [1.165, 1.54) is 12.1 Å². The van der Waals surface area contributed by atoms with Gasteiger partial charge in [-0.25, -0.2) is 0 Å². The molecule has 1 aromatic carbocycles. The van der Waals surface area contributed by atoms with Crippen molar-refractivity contribution in [3.8, 4) is 5.75 Å². The Balaban J connectivity index is 2.49. The van der Waals surface area contributed by atoms with Crippen LogP contribution in [0.5, 0.6) is 5.75 Å². The van der Waals surface area contributed by atoms with Crippen molar-refractivity contribution < 1.29 is 15.0 Å². The number of carbonyl (C=O) groups is 1. The highest BCUT2D eigenvalue weighted by molar-refractivity contribution is 5.94. The zero-order valence-electron chi connectivity index (χ0n) is 10.0. The van der Waals surface area contributed by atoms with Gasteiger partial charge in [-0.15, -0.1) is 0 Å². The molecule has 0 saturated carbocycles. The van der Waals surface area contributed by atoms with Gasteiger partial charge in [-0.2, -0.15) is 0 Å². The lowest BCUT2D eigenvalue weighted by Crippen LogP contribution is -2.29. The first kappa shape index (κ1) is 13.5. The third-order valence-electron chi connectivity index (χ3n) is 2.77. The average molecular weight is 237 g/mol. The number of amides is 1. The molecule has 0 bridgehead atoms. The molecule has 4 nitrogen and oxygen atoms in total. The molecular weight excluding hydrogens is 218 g/mol. The molecule has 0 aliphatic heterocycles. The van der Waals surface area contributed by atoms with Gasteiger partial charge in [-0.05, 0) is 30.5 Å². The number of nitrogens with one attached hydrogen (secondary N) is 1. The van der Waals surface area contributed by atoms with E-state index in [0.717, 1.165) is 6.42 Å². The van der Waals surface area contributed by atoms with Gasteiger partial charge in [-0.3, -0.25) is 4.79 Å². The van der Waals surface area contributed by atoms with Crippen molar-refractivity contribution >= 4 is 5.91 Å². The van der Waals surface area contributed by atoms with Crippen LogP contribution in [-0.4, -0.2) is 29.3 Å². The molecule has 0 aliphatic rings. The van der Waals surface area contributed by atoms with E-state index in [2.05, 4.69) is 5.32 Å². The van der Waals surface area contributed by atoms with Gasteiger partial charge in [0.2, 0.25) is 0 Å². The molecule has 1 amide bonds. The Labute approximate surface area is 101 Å². The lowest BCUT2D eigenvalue weighted by atomic mass is 10.0. The van der Waals surface area contributed by atoms with Crippen molar-refractivity contribution in [3.05, 3.63) is 29.8 Å². The minimum Gasteiger partial charge on any atom is -0.508 e. The average Bonchev–Trinajstić information content (AvgIpc) is 2.34. The van der Waals surface area contributed by atoms with Crippen LogP contribution in [0.15, 0.2) is 24.3 Å². The summed E-state index contributed by atoms with van der Waals surface area (Å²) in [5.74, 6) is 0.179. The van der Waals surface area contributed by atoms with E-state index < -0.39 is 0 Å². The summed E-state index contributed by atoms with van der Waals surface area (Å²) in [5, 5.41) is 20.9. The maximum Gasteiger partial charge on any atom is 0.251 e. The predicted molar refractivity (Wildman–Crippen MR) is 65.9 cm³/mol. The first-order valence-electron chi connectivity index (χ1n) is 5.85. The molecule has 17 heavy (non-hydrogen) atoms. The summed E-state index contributed by atoms with van der Waals surface area (Å²) in [7, 11) is 0. The molecule has 0 aromatic heterocycles. The summed E-state index contributed by atoms with van der Waals surface area (Å²) >= 11 is 0. The molecule has 0 fully saturated rings. The quantitative estimate of drug-likeness (QED) is 0.702. The molecular formula is C13H19NO3. The van der Waals surface area contributed by atoms with Gasteiger partial charge in [0, 0.05) is 18.7 Å². The van der Waals surface area contributed by atoms with Crippen molar-refractivity contribution in [1.29, 1.82) is 0 Å². The van der Waals surface area contributed by atoms with Crippen LogP contribution in [0.2, 0.25) is 0 Å². The van der Waals surface area contributed by atoms with E-state index in [4.69, 9.17) is 5.11 Å². The van der Waals surface area contributed by atoms with Crippen molar-refractivity contribution in [1.82, 2.24) is 5.32 Å². The van der Waals surface area contributed by atoms with Crippen LogP contribution in [0.25, 0.3) is 0 Å². The summed E-state index contributed by atoms with van der Waals surface area (Å²) < 4.78 is 0. The fourth-order valence-electron chi connectivity index (χ4n) is 1.62. The minimum atomic E-state index is -0.197. The van der Waals surface area contributed by atoms with E-state index in [1.807, 2.05) is 6.92 Å². The Morgan fingerprint density at radius 3 is 2.82 bits per heavy atom. The zero-order chi connectivity index (χ0) is 12.7. The van der Waals surface area contributed by atoms with Crippen molar-refractivity contribution in [3.63, 3.8) is 0 Å². The molecule has 0 radical (unpaired) electrons. The smallest absolute Gasteiger partial charge is 0.251 e. The largest absolute Gasteiger partial charge is 0.508 e. The Hall–Kier alpha value is -1.55. The second kappa shape index (κ2) is 6.91. The number of aliphatic hydroxyl groups excluding tert-OH is 1. The van der Waals surface area contributed by atoms with Crippen LogP contribution in [-0.2, 0) is 0 Å². The normalized spacial score (nSPS) is 12.1. The SMILES string of the molecule is CCC(CCO)CNC(=O)c1cccc(O)c1. The van der Waals surface area contributed by atoms with Gasteiger partial charge in [0.1, 0.15) is 5.75 Å². The number of hydrogen-bond donors (Lipinski definition) is 3. The lowest BCUT2D eigenvalue weighted by Gasteiger charge is -2.14. The highest BCUT2D eigenvalue weighted by Crippen LogP contribution is 2.11. The molecule has 94 valence electrons. The van der Waals surface area contributed by atoms with E-state index >= 15 is 0 Å². The molecule has 1 unspecified atom stereocenters. The second-order valence-corrected chi connectivity index (χ2v) is 4.05. The second-order valence-electron chi connectivity index (χ2n) is 4.05. The molecule has 4 heteroatoms. The fourth-order valence-corrected chi connectivity index (χ4v) is 1.62. The van der Waals surface area contributed by atoms with Crippen LogP contribution < -0.4 is 5.32 Å². The van der Waals surface area contributed by atoms with Gasteiger partial charge >= 0.3 is 0 Å². The summed E-state index contributed by atoms with van der Waals surface area (Å²) in [6.07, 6.45) is 1.61. The van der Waals surface area contributed by atoms with Crippen LogP contribution in [0, 0.1) is 5.92 Å². The monoisotopic (exact) mass is 237 g/mol. The molecule has 0 aliphatic carbocycles. The Morgan fingerprint density at radius 2 is 2.24 bits per heavy atom. The van der Waals surface area contributed by atoms with E-state index in [0.29, 0.717) is 24.4 Å². The van der Waals surface area contributed by atoms with E-state index in [-0.39, 0.29) is 18.3 Å². The summed E-state index contributed by atoms with van der Waals surface area (Å²) in [5.41, 5.74) is 0.448. The molecule has 1 aromatic rings. The lowest BCUT2D eigenvalue weighted by molar-refractivity contribution is 0.0943. The van der Waals surface area contributed by atoms with Gasteiger partial charge in [0.05, 0.1) is 0 Å². The highest BCUT2D eigenvalue weighted by Gasteiger charge is 2.09. The number of carbonyl (C=O) groups excluding carboxylic acids is 1. The Kier molecular flexibility index (Phi) is 5.49. The summed E-state index contributed by atoms with van der Waals surface area (Å²) in [6, 6.07) is 6.25. The Bertz CT molecular complexity index is 365. The van der Waals surface area contributed by atoms with Crippen LogP contribution >= 0.6 is 0 Å². The van der Waals surface area contributed by atoms with Crippen LogP contribution in [0.4, 0.5) is 0 Å². The first-order chi connectivity index (χ1) is 8.17. The Morgan fingerprint density at radius 1 is 1.47 bits per heavy atom. The highest BCUT2D eigenvalue weighted by atomic mass is 16.3. The number of rotatable bonds is 6. The van der Waals surface area contributed by atoms with Crippen LogP contribution in [0.1, 0.15) is 30.1 Å². The van der Waals surface area contributed by atoms with Crippen molar-refractivity contribution in [2.75, 3.05) is 13.2 Å². The van der Waals surface area contributed by atoms with Crippen molar-refractivity contribution in [2.24, 2.45) is 5.92 Å². The molecule has 0 spiro atoms. The third kappa shape index (κ3) is 4.44.